The molecule has 0 saturated carbocycles. The maximum absolute atomic E-state index is 5.91. The van der Waals surface area contributed by atoms with E-state index in [1.165, 1.54) is 64.5 Å². The third kappa shape index (κ3) is 8.41. The standard InChI is InChI=1S/C16H34N4/c1-3-4-5-6-7-8-11-18-16(17)19-14-15-9-12-20(2)13-10-15/h15H,3-14H2,1-2H3,(H3,17,18,19). The highest BCUT2D eigenvalue weighted by Gasteiger charge is 2.15. The van der Waals surface area contributed by atoms with E-state index in [1.54, 1.807) is 0 Å². The lowest BCUT2D eigenvalue weighted by Crippen LogP contribution is -2.34. The van der Waals surface area contributed by atoms with E-state index in [1.807, 2.05) is 0 Å². The number of nitrogens with two attached hydrogens (primary N) is 1. The van der Waals surface area contributed by atoms with Gasteiger partial charge in [-0.2, -0.15) is 0 Å². The minimum Gasteiger partial charge on any atom is -0.370 e. The molecule has 0 aromatic rings. The number of piperidine rings is 1. The van der Waals surface area contributed by atoms with Gasteiger partial charge in [0.15, 0.2) is 5.96 Å². The van der Waals surface area contributed by atoms with Gasteiger partial charge in [-0.3, -0.25) is 4.99 Å². The summed E-state index contributed by atoms with van der Waals surface area (Å²) >= 11 is 0. The lowest BCUT2D eigenvalue weighted by Gasteiger charge is -2.27. The van der Waals surface area contributed by atoms with Crippen molar-refractivity contribution in [3.63, 3.8) is 0 Å². The van der Waals surface area contributed by atoms with Crippen LogP contribution in [0, 0.1) is 5.92 Å². The van der Waals surface area contributed by atoms with Crippen molar-refractivity contribution in [2.24, 2.45) is 16.6 Å². The Morgan fingerprint density at radius 3 is 2.50 bits per heavy atom. The molecule has 1 fully saturated rings. The summed E-state index contributed by atoms with van der Waals surface area (Å²) in [5.74, 6) is 1.36. The fourth-order valence-corrected chi connectivity index (χ4v) is 2.65. The number of hydrogen-bond donors (Lipinski definition) is 2. The van der Waals surface area contributed by atoms with Crippen LogP contribution in [0.15, 0.2) is 4.99 Å². The predicted molar refractivity (Wildman–Crippen MR) is 88.1 cm³/mol. The third-order valence-corrected chi connectivity index (χ3v) is 4.19. The first kappa shape index (κ1) is 17.3. The van der Waals surface area contributed by atoms with E-state index in [2.05, 4.69) is 29.2 Å². The van der Waals surface area contributed by atoms with Crippen LogP contribution in [0.2, 0.25) is 0 Å². The first-order valence-electron chi connectivity index (χ1n) is 8.44. The molecule has 3 N–H and O–H groups in total. The highest BCUT2D eigenvalue weighted by atomic mass is 15.1. The van der Waals surface area contributed by atoms with Crippen LogP contribution in [0.5, 0.6) is 0 Å². The first-order valence-corrected chi connectivity index (χ1v) is 8.44. The maximum Gasteiger partial charge on any atom is 0.188 e. The molecular formula is C16H34N4. The second-order valence-electron chi connectivity index (χ2n) is 6.17. The van der Waals surface area contributed by atoms with E-state index in [9.17, 15) is 0 Å². The molecule has 0 radical (unpaired) electrons. The molecule has 1 heterocycles. The topological polar surface area (TPSA) is 53.6 Å². The quantitative estimate of drug-likeness (QED) is 0.388. The number of likely N-dealkylation sites (tertiary alicyclic amines) is 1. The van der Waals surface area contributed by atoms with Crippen molar-refractivity contribution in [2.75, 3.05) is 33.2 Å². The SMILES string of the molecule is CCCCCCCCNC(N)=NCC1CCN(C)CC1. The Labute approximate surface area is 125 Å². The largest absolute Gasteiger partial charge is 0.370 e. The summed E-state index contributed by atoms with van der Waals surface area (Å²) in [6.07, 6.45) is 10.4. The van der Waals surface area contributed by atoms with E-state index in [0.717, 1.165) is 19.0 Å². The van der Waals surface area contributed by atoms with E-state index in [0.29, 0.717) is 5.96 Å². The molecule has 20 heavy (non-hydrogen) atoms. The van der Waals surface area contributed by atoms with Crippen LogP contribution in [0.1, 0.15) is 58.3 Å². The Kier molecular flexibility index (Phi) is 9.46. The minimum atomic E-state index is 0.637. The molecule has 0 atom stereocenters. The van der Waals surface area contributed by atoms with Crippen LogP contribution < -0.4 is 11.1 Å². The summed E-state index contributed by atoms with van der Waals surface area (Å²) in [4.78, 5) is 6.87. The van der Waals surface area contributed by atoms with Gasteiger partial charge in [-0.1, -0.05) is 39.0 Å². The van der Waals surface area contributed by atoms with E-state index in [4.69, 9.17) is 5.73 Å². The van der Waals surface area contributed by atoms with Gasteiger partial charge in [-0.25, -0.2) is 0 Å². The number of guanidine groups is 1. The van der Waals surface area contributed by atoms with Crippen LogP contribution in [0.25, 0.3) is 0 Å². The van der Waals surface area contributed by atoms with Gasteiger partial charge in [0.1, 0.15) is 0 Å². The molecule has 0 amide bonds. The Balaban J connectivity index is 1.98. The zero-order valence-electron chi connectivity index (χ0n) is 13.5. The number of nitrogens with zero attached hydrogens (tertiary/aromatic N) is 2. The van der Waals surface area contributed by atoms with Crippen molar-refractivity contribution in [1.29, 1.82) is 0 Å². The predicted octanol–water partition coefficient (Wildman–Crippen LogP) is 2.59. The minimum absolute atomic E-state index is 0.637. The second-order valence-corrected chi connectivity index (χ2v) is 6.17. The molecule has 0 bridgehead atoms. The monoisotopic (exact) mass is 282 g/mol. The molecule has 1 saturated heterocycles. The molecule has 0 spiro atoms. The molecule has 0 aliphatic carbocycles. The summed E-state index contributed by atoms with van der Waals surface area (Å²) in [6, 6.07) is 0. The van der Waals surface area contributed by atoms with Gasteiger partial charge >= 0.3 is 0 Å². The highest BCUT2D eigenvalue weighted by molar-refractivity contribution is 5.77. The van der Waals surface area contributed by atoms with Crippen molar-refractivity contribution < 1.29 is 0 Å². The van der Waals surface area contributed by atoms with E-state index >= 15 is 0 Å². The molecule has 1 rings (SSSR count). The zero-order chi connectivity index (χ0) is 14.6. The summed E-state index contributed by atoms with van der Waals surface area (Å²) in [5, 5.41) is 3.24. The van der Waals surface area contributed by atoms with Gasteiger partial charge in [0, 0.05) is 13.1 Å². The Bertz CT molecular complexity index is 257. The second kappa shape index (κ2) is 11.0. The van der Waals surface area contributed by atoms with Crippen LogP contribution in [-0.4, -0.2) is 44.1 Å². The maximum atomic E-state index is 5.91. The van der Waals surface area contributed by atoms with Gasteiger partial charge in [0.05, 0.1) is 0 Å². The number of rotatable bonds is 9. The summed E-state index contributed by atoms with van der Waals surface area (Å²) < 4.78 is 0. The Morgan fingerprint density at radius 1 is 1.15 bits per heavy atom. The fourth-order valence-electron chi connectivity index (χ4n) is 2.65. The Morgan fingerprint density at radius 2 is 1.80 bits per heavy atom. The molecular weight excluding hydrogens is 248 g/mol. The number of unbranched alkanes of at least 4 members (excludes halogenated alkanes) is 5. The van der Waals surface area contributed by atoms with Gasteiger partial charge in [-0.15, -0.1) is 0 Å². The van der Waals surface area contributed by atoms with Crippen LogP contribution in [0.3, 0.4) is 0 Å². The number of nitrogens with one attached hydrogen (secondary N) is 1. The molecule has 0 unspecified atom stereocenters. The smallest absolute Gasteiger partial charge is 0.188 e. The summed E-state index contributed by atoms with van der Waals surface area (Å²) in [5.41, 5.74) is 5.91. The zero-order valence-corrected chi connectivity index (χ0v) is 13.5. The van der Waals surface area contributed by atoms with E-state index < -0.39 is 0 Å². The summed E-state index contributed by atoms with van der Waals surface area (Å²) in [7, 11) is 2.19. The molecule has 1 aliphatic heterocycles. The molecule has 0 aromatic heterocycles. The van der Waals surface area contributed by atoms with Crippen molar-refractivity contribution >= 4 is 5.96 Å². The van der Waals surface area contributed by atoms with Gasteiger partial charge in [0.2, 0.25) is 0 Å². The summed E-state index contributed by atoms with van der Waals surface area (Å²) in [6.45, 7) is 6.51. The lowest BCUT2D eigenvalue weighted by atomic mass is 9.97. The van der Waals surface area contributed by atoms with Crippen molar-refractivity contribution in [1.82, 2.24) is 10.2 Å². The molecule has 4 heteroatoms. The van der Waals surface area contributed by atoms with E-state index in [-0.39, 0.29) is 0 Å². The average molecular weight is 282 g/mol. The average Bonchev–Trinajstić information content (AvgIpc) is 2.46. The van der Waals surface area contributed by atoms with Gasteiger partial charge in [-0.05, 0) is 45.3 Å². The third-order valence-electron chi connectivity index (χ3n) is 4.19. The molecule has 118 valence electrons. The van der Waals surface area contributed by atoms with Gasteiger partial charge in [0.25, 0.3) is 0 Å². The van der Waals surface area contributed by atoms with Crippen molar-refractivity contribution in [3.05, 3.63) is 0 Å². The molecule has 1 aliphatic rings. The number of aliphatic imine (C=N–C) groups is 1. The van der Waals surface area contributed by atoms with Crippen molar-refractivity contribution in [3.8, 4) is 0 Å². The fraction of sp³-hybridized carbons (Fsp3) is 0.938. The van der Waals surface area contributed by atoms with Crippen LogP contribution in [-0.2, 0) is 0 Å². The highest BCUT2D eigenvalue weighted by Crippen LogP contribution is 2.15. The van der Waals surface area contributed by atoms with Crippen LogP contribution in [0.4, 0.5) is 0 Å². The Hall–Kier alpha value is -0.770. The lowest BCUT2D eigenvalue weighted by molar-refractivity contribution is 0.223. The van der Waals surface area contributed by atoms with Crippen molar-refractivity contribution in [2.45, 2.75) is 58.3 Å². The first-order chi connectivity index (χ1) is 9.72. The molecule has 4 nitrogen and oxygen atoms in total. The van der Waals surface area contributed by atoms with Gasteiger partial charge < -0.3 is 16.0 Å². The molecule has 0 aromatic carbocycles. The normalized spacial score (nSPS) is 18.4. The number of hydrogen-bond acceptors (Lipinski definition) is 2. The van der Waals surface area contributed by atoms with Crippen LogP contribution >= 0.6 is 0 Å².